The first-order valence-corrected chi connectivity index (χ1v) is 10.7. The van der Waals surface area contributed by atoms with Crippen molar-refractivity contribution in [3.05, 3.63) is 103 Å². The molecule has 0 aromatic heterocycles. The van der Waals surface area contributed by atoms with Crippen molar-refractivity contribution in [3.8, 4) is 28.0 Å². The fraction of sp³-hybridized carbons (Fsp3) is 0.172. The number of methoxy groups -OCH3 is 1. The molecule has 2 nitrogen and oxygen atoms in total. The van der Waals surface area contributed by atoms with Gasteiger partial charge in [-0.05, 0) is 34.2 Å². The topological polar surface area (TPSA) is 21.3 Å². The molecule has 0 saturated heterocycles. The van der Waals surface area contributed by atoms with Crippen molar-refractivity contribution in [1.82, 2.24) is 0 Å². The number of nitrogens with one attached hydrogen (secondary N) is 1. The third-order valence-electron chi connectivity index (χ3n) is 5.51. The second-order valence-corrected chi connectivity index (χ2v) is 8.79. The van der Waals surface area contributed by atoms with Crippen LogP contribution < -0.4 is 10.1 Å². The summed E-state index contributed by atoms with van der Waals surface area (Å²) < 4.78 is 5.62. The van der Waals surface area contributed by atoms with Crippen molar-refractivity contribution >= 4 is 11.4 Å². The average Bonchev–Trinajstić information content (AvgIpc) is 2.79. The van der Waals surface area contributed by atoms with E-state index in [-0.39, 0.29) is 5.41 Å². The minimum absolute atomic E-state index is 0.0200. The smallest absolute Gasteiger partial charge is 0.121 e. The summed E-state index contributed by atoms with van der Waals surface area (Å²) in [6.07, 6.45) is 0. The van der Waals surface area contributed by atoms with E-state index in [1.807, 2.05) is 0 Å². The van der Waals surface area contributed by atoms with Crippen LogP contribution in [0.1, 0.15) is 26.3 Å². The van der Waals surface area contributed by atoms with Crippen LogP contribution in [0.3, 0.4) is 0 Å². The van der Waals surface area contributed by atoms with Crippen LogP contribution in [0.4, 0.5) is 11.4 Å². The molecule has 0 atom stereocenters. The predicted octanol–water partition coefficient (Wildman–Crippen LogP) is 8.07. The summed E-state index contributed by atoms with van der Waals surface area (Å²) >= 11 is 0. The van der Waals surface area contributed by atoms with Crippen LogP contribution >= 0.6 is 0 Å². The summed E-state index contributed by atoms with van der Waals surface area (Å²) in [4.78, 5) is 0. The van der Waals surface area contributed by atoms with E-state index in [1.54, 1.807) is 7.11 Å². The van der Waals surface area contributed by atoms with Crippen LogP contribution in [0, 0.1) is 0 Å². The van der Waals surface area contributed by atoms with Crippen LogP contribution in [0.5, 0.6) is 5.75 Å². The van der Waals surface area contributed by atoms with E-state index >= 15 is 0 Å². The summed E-state index contributed by atoms with van der Waals surface area (Å²) in [5.74, 6) is 0.855. The molecule has 4 aromatic carbocycles. The fourth-order valence-electron chi connectivity index (χ4n) is 3.77. The molecule has 31 heavy (non-hydrogen) atoms. The molecule has 0 saturated carbocycles. The fourth-order valence-corrected chi connectivity index (χ4v) is 3.77. The minimum Gasteiger partial charge on any atom is -0.497 e. The Morgan fingerprint density at radius 1 is 0.645 bits per heavy atom. The third kappa shape index (κ3) is 4.64. The summed E-state index contributed by atoms with van der Waals surface area (Å²) in [7, 11) is 1.72. The first-order chi connectivity index (χ1) is 15.0. The van der Waals surface area contributed by atoms with Gasteiger partial charge in [-0.15, -0.1) is 0 Å². The molecule has 0 aliphatic rings. The van der Waals surface area contributed by atoms with Crippen LogP contribution in [-0.2, 0) is 5.41 Å². The third-order valence-corrected chi connectivity index (χ3v) is 5.51. The highest BCUT2D eigenvalue weighted by Crippen LogP contribution is 2.40. The van der Waals surface area contributed by atoms with Gasteiger partial charge in [-0.3, -0.25) is 0 Å². The minimum atomic E-state index is 0.0200. The molecular formula is C29H29NO. The van der Waals surface area contributed by atoms with Gasteiger partial charge < -0.3 is 10.1 Å². The summed E-state index contributed by atoms with van der Waals surface area (Å²) in [5.41, 5.74) is 8.06. The van der Waals surface area contributed by atoms with E-state index in [1.165, 1.54) is 27.8 Å². The summed E-state index contributed by atoms with van der Waals surface area (Å²) in [6, 6.07) is 33.9. The van der Waals surface area contributed by atoms with Crippen LogP contribution in [0.15, 0.2) is 97.1 Å². The average molecular weight is 408 g/mol. The molecule has 0 aliphatic carbocycles. The molecule has 156 valence electrons. The Hall–Kier alpha value is -3.52. The van der Waals surface area contributed by atoms with Crippen molar-refractivity contribution in [3.63, 3.8) is 0 Å². The van der Waals surface area contributed by atoms with Crippen molar-refractivity contribution in [2.24, 2.45) is 0 Å². The van der Waals surface area contributed by atoms with Crippen LogP contribution in [-0.4, -0.2) is 7.11 Å². The number of anilines is 2. The zero-order valence-corrected chi connectivity index (χ0v) is 18.6. The number of para-hydroxylation sites is 1. The van der Waals surface area contributed by atoms with E-state index in [2.05, 4.69) is 123 Å². The second kappa shape index (κ2) is 8.69. The van der Waals surface area contributed by atoms with Crippen molar-refractivity contribution in [2.75, 3.05) is 12.4 Å². The quantitative estimate of drug-likeness (QED) is 0.361. The first-order valence-electron chi connectivity index (χ1n) is 10.7. The maximum absolute atomic E-state index is 5.62. The molecule has 0 heterocycles. The number of rotatable bonds is 5. The van der Waals surface area contributed by atoms with E-state index < -0.39 is 0 Å². The lowest BCUT2D eigenvalue weighted by atomic mass is 9.86. The summed E-state index contributed by atoms with van der Waals surface area (Å²) in [6.45, 7) is 6.66. The molecule has 0 spiro atoms. The van der Waals surface area contributed by atoms with Gasteiger partial charge in [0.1, 0.15) is 5.75 Å². The van der Waals surface area contributed by atoms with Gasteiger partial charge in [-0.1, -0.05) is 99.6 Å². The highest BCUT2D eigenvalue weighted by Gasteiger charge is 2.17. The molecule has 0 amide bonds. The normalized spacial score (nSPS) is 11.2. The molecule has 2 heteroatoms. The number of hydrogen-bond acceptors (Lipinski definition) is 2. The first kappa shape index (κ1) is 20.7. The Bertz CT molecular complexity index is 1100. The largest absolute Gasteiger partial charge is 0.497 e. The van der Waals surface area contributed by atoms with Crippen molar-refractivity contribution in [2.45, 2.75) is 26.2 Å². The van der Waals surface area contributed by atoms with Crippen molar-refractivity contribution in [1.29, 1.82) is 0 Å². The zero-order valence-electron chi connectivity index (χ0n) is 18.6. The lowest BCUT2D eigenvalue weighted by Crippen LogP contribution is -2.11. The molecule has 0 fully saturated rings. The molecule has 0 bridgehead atoms. The molecule has 0 unspecified atom stereocenters. The van der Waals surface area contributed by atoms with Crippen LogP contribution in [0.2, 0.25) is 0 Å². The highest BCUT2D eigenvalue weighted by atomic mass is 16.5. The van der Waals surface area contributed by atoms with Gasteiger partial charge in [0.05, 0.1) is 12.8 Å². The van der Waals surface area contributed by atoms with E-state index in [0.29, 0.717) is 0 Å². The predicted molar refractivity (Wildman–Crippen MR) is 132 cm³/mol. The van der Waals surface area contributed by atoms with Gasteiger partial charge in [-0.25, -0.2) is 0 Å². The maximum atomic E-state index is 5.62. The Labute approximate surface area is 185 Å². The maximum Gasteiger partial charge on any atom is 0.121 e. The Morgan fingerprint density at radius 2 is 1.19 bits per heavy atom. The number of ether oxygens (including phenoxy) is 1. The van der Waals surface area contributed by atoms with Gasteiger partial charge in [0, 0.05) is 22.9 Å². The molecule has 4 rings (SSSR count). The van der Waals surface area contributed by atoms with Gasteiger partial charge in [-0.2, -0.15) is 0 Å². The van der Waals surface area contributed by atoms with Crippen molar-refractivity contribution < 1.29 is 4.74 Å². The Kier molecular flexibility index (Phi) is 5.81. The lowest BCUT2D eigenvalue weighted by Gasteiger charge is -2.23. The number of hydrogen-bond donors (Lipinski definition) is 1. The molecule has 0 radical (unpaired) electrons. The summed E-state index contributed by atoms with van der Waals surface area (Å²) in [5, 5.41) is 3.75. The molecule has 4 aromatic rings. The van der Waals surface area contributed by atoms with Crippen LogP contribution in [0.25, 0.3) is 22.3 Å². The zero-order chi connectivity index (χ0) is 21.8. The van der Waals surface area contributed by atoms with Gasteiger partial charge in [0.2, 0.25) is 0 Å². The molecule has 0 aliphatic heterocycles. The highest BCUT2D eigenvalue weighted by molar-refractivity contribution is 5.92. The van der Waals surface area contributed by atoms with Gasteiger partial charge in [0.25, 0.3) is 0 Å². The van der Waals surface area contributed by atoms with Gasteiger partial charge in [0.15, 0.2) is 0 Å². The standard InChI is InChI=1S/C29H29NO/c1-29(2,3)23-18-24(20-25(19-23)31-4)30-28-26(21-12-7-5-8-13-21)16-11-17-27(28)22-14-9-6-10-15-22/h5-20,30H,1-4H3. The Morgan fingerprint density at radius 3 is 1.68 bits per heavy atom. The molecular weight excluding hydrogens is 378 g/mol. The monoisotopic (exact) mass is 407 g/mol. The van der Waals surface area contributed by atoms with Gasteiger partial charge >= 0.3 is 0 Å². The van der Waals surface area contributed by atoms with E-state index in [4.69, 9.17) is 4.74 Å². The molecule has 1 N–H and O–H groups in total. The van der Waals surface area contributed by atoms with E-state index in [0.717, 1.165) is 17.1 Å². The number of benzene rings is 4. The lowest BCUT2D eigenvalue weighted by molar-refractivity contribution is 0.413. The van der Waals surface area contributed by atoms with E-state index in [9.17, 15) is 0 Å². The second-order valence-electron chi connectivity index (χ2n) is 8.79. The Balaban J connectivity index is 1.89. The SMILES string of the molecule is COc1cc(Nc2c(-c3ccccc3)cccc2-c2ccccc2)cc(C(C)(C)C)c1.